The number of amides is 1. The summed E-state index contributed by atoms with van der Waals surface area (Å²) in [6, 6.07) is -0.594. The average molecular weight is 226 g/mol. The molecule has 0 aliphatic carbocycles. The lowest BCUT2D eigenvalue weighted by Gasteiger charge is -2.42. The minimum atomic E-state index is -0.964. The number of carboxylic acids is 1. The van der Waals surface area contributed by atoms with Crippen LogP contribution in [0.2, 0.25) is 0 Å². The highest BCUT2D eigenvalue weighted by atomic mass is 16.4. The molecule has 1 fully saturated rings. The van der Waals surface area contributed by atoms with Crippen LogP contribution in [-0.2, 0) is 9.59 Å². The molecule has 0 spiro atoms. The van der Waals surface area contributed by atoms with Gasteiger partial charge in [0.15, 0.2) is 0 Å². The molecule has 1 atom stereocenters. The van der Waals surface area contributed by atoms with Gasteiger partial charge in [-0.1, -0.05) is 6.08 Å². The van der Waals surface area contributed by atoms with Gasteiger partial charge in [0.05, 0.1) is 6.42 Å². The molecule has 1 aliphatic rings. The summed E-state index contributed by atoms with van der Waals surface area (Å²) in [5.41, 5.74) is -0.324. The molecule has 0 saturated carbocycles. The van der Waals surface area contributed by atoms with Gasteiger partial charge in [0, 0.05) is 18.6 Å². The second-order valence-corrected chi connectivity index (χ2v) is 4.70. The summed E-state index contributed by atoms with van der Waals surface area (Å²) >= 11 is 0. The Balaban J connectivity index is 2.82. The molecule has 1 aliphatic heterocycles. The predicted octanol–water partition coefficient (Wildman–Crippen LogP) is 0.226. The Bertz CT molecular complexity index is 312. The van der Waals surface area contributed by atoms with Crippen LogP contribution in [0.15, 0.2) is 12.7 Å². The Morgan fingerprint density at radius 2 is 2.38 bits per heavy atom. The van der Waals surface area contributed by atoms with Crippen molar-refractivity contribution in [3.63, 3.8) is 0 Å². The quantitative estimate of drug-likeness (QED) is 0.673. The van der Waals surface area contributed by atoms with Crippen molar-refractivity contribution in [2.75, 3.05) is 13.1 Å². The number of nitrogens with one attached hydrogen (secondary N) is 1. The fourth-order valence-electron chi connectivity index (χ4n) is 1.98. The van der Waals surface area contributed by atoms with Crippen LogP contribution in [0.5, 0.6) is 0 Å². The lowest BCUT2D eigenvalue weighted by atomic mass is 9.96. The Kier molecular flexibility index (Phi) is 3.70. The van der Waals surface area contributed by atoms with E-state index < -0.39 is 12.0 Å². The smallest absolute Gasteiger partial charge is 0.305 e. The van der Waals surface area contributed by atoms with E-state index in [9.17, 15) is 9.59 Å². The van der Waals surface area contributed by atoms with Gasteiger partial charge in [-0.3, -0.25) is 14.5 Å². The number of nitrogens with zero attached hydrogens (tertiary/aromatic N) is 1. The number of aliphatic carboxylic acids is 1. The van der Waals surface area contributed by atoms with Gasteiger partial charge in [-0.25, -0.2) is 0 Å². The summed E-state index contributed by atoms with van der Waals surface area (Å²) in [7, 11) is 0. The molecule has 1 heterocycles. The van der Waals surface area contributed by atoms with E-state index in [1.54, 1.807) is 6.08 Å². The fraction of sp³-hybridized carbons (Fsp3) is 0.636. The van der Waals surface area contributed by atoms with E-state index in [0.717, 1.165) is 0 Å². The van der Waals surface area contributed by atoms with Gasteiger partial charge in [0.2, 0.25) is 5.91 Å². The summed E-state index contributed by atoms with van der Waals surface area (Å²) in [5, 5.41) is 11.6. The van der Waals surface area contributed by atoms with Gasteiger partial charge < -0.3 is 10.4 Å². The molecular weight excluding hydrogens is 208 g/mol. The molecule has 1 amide bonds. The number of piperazine rings is 1. The fourth-order valence-corrected chi connectivity index (χ4v) is 1.98. The normalized spacial score (nSPS) is 24.9. The van der Waals surface area contributed by atoms with E-state index >= 15 is 0 Å². The maximum Gasteiger partial charge on any atom is 0.305 e. The average Bonchev–Trinajstić information content (AvgIpc) is 2.10. The molecule has 5 heteroatoms. The maximum absolute atomic E-state index is 11.8. The Labute approximate surface area is 95.1 Å². The molecule has 1 saturated heterocycles. The van der Waals surface area contributed by atoms with Gasteiger partial charge in [-0.15, -0.1) is 6.58 Å². The molecular formula is C11H18N2O3. The van der Waals surface area contributed by atoms with Crippen molar-refractivity contribution in [1.82, 2.24) is 10.2 Å². The summed E-state index contributed by atoms with van der Waals surface area (Å²) in [5.74, 6) is -1.19. The monoisotopic (exact) mass is 226 g/mol. The highest BCUT2D eigenvalue weighted by Gasteiger charge is 2.38. The lowest BCUT2D eigenvalue weighted by molar-refractivity contribution is -0.144. The molecule has 90 valence electrons. The molecule has 5 nitrogen and oxygen atoms in total. The molecule has 0 aromatic rings. The van der Waals surface area contributed by atoms with Crippen molar-refractivity contribution in [3.8, 4) is 0 Å². The van der Waals surface area contributed by atoms with Gasteiger partial charge >= 0.3 is 5.97 Å². The first-order valence-corrected chi connectivity index (χ1v) is 5.24. The Morgan fingerprint density at radius 3 is 2.88 bits per heavy atom. The third-order valence-electron chi connectivity index (χ3n) is 2.53. The van der Waals surface area contributed by atoms with Crippen LogP contribution in [-0.4, -0.2) is 46.6 Å². The van der Waals surface area contributed by atoms with E-state index in [-0.39, 0.29) is 17.9 Å². The SMILES string of the molecule is C=CCN1CC(C)(C)NC(=O)C1CC(=O)O. The largest absolute Gasteiger partial charge is 0.481 e. The van der Waals surface area contributed by atoms with Crippen molar-refractivity contribution < 1.29 is 14.7 Å². The minimum Gasteiger partial charge on any atom is -0.481 e. The Hall–Kier alpha value is -1.36. The molecule has 2 N–H and O–H groups in total. The van der Waals surface area contributed by atoms with Gasteiger partial charge in [0.1, 0.15) is 6.04 Å². The molecule has 0 aromatic heterocycles. The first kappa shape index (κ1) is 12.7. The third kappa shape index (κ3) is 3.06. The first-order valence-electron chi connectivity index (χ1n) is 5.24. The highest BCUT2D eigenvalue weighted by molar-refractivity contribution is 5.87. The van der Waals surface area contributed by atoms with Crippen molar-refractivity contribution >= 4 is 11.9 Å². The van der Waals surface area contributed by atoms with Crippen LogP contribution in [0.3, 0.4) is 0 Å². The zero-order chi connectivity index (χ0) is 12.3. The molecule has 1 rings (SSSR count). The second kappa shape index (κ2) is 4.65. The number of carboxylic acid groups (broad SMARTS) is 1. The van der Waals surface area contributed by atoms with Crippen molar-refractivity contribution in [3.05, 3.63) is 12.7 Å². The van der Waals surface area contributed by atoms with Crippen molar-refractivity contribution in [2.45, 2.75) is 31.8 Å². The number of rotatable bonds is 4. The number of carbonyl (C=O) groups excluding carboxylic acids is 1. The second-order valence-electron chi connectivity index (χ2n) is 4.70. The zero-order valence-corrected chi connectivity index (χ0v) is 9.69. The number of hydrogen-bond acceptors (Lipinski definition) is 3. The highest BCUT2D eigenvalue weighted by Crippen LogP contribution is 2.18. The van der Waals surface area contributed by atoms with Crippen LogP contribution in [0, 0.1) is 0 Å². The third-order valence-corrected chi connectivity index (χ3v) is 2.53. The van der Waals surface area contributed by atoms with Crippen LogP contribution < -0.4 is 5.32 Å². The lowest BCUT2D eigenvalue weighted by Crippen LogP contribution is -2.64. The minimum absolute atomic E-state index is 0.171. The van der Waals surface area contributed by atoms with E-state index in [4.69, 9.17) is 5.11 Å². The van der Waals surface area contributed by atoms with Crippen LogP contribution in [0.4, 0.5) is 0 Å². The standard InChI is InChI=1S/C11H18N2O3/c1-4-5-13-7-11(2,3)12-10(16)8(13)6-9(14)15/h4,8H,1,5-7H2,2-3H3,(H,12,16)(H,14,15). The van der Waals surface area contributed by atoms with Gasteiger partial charge in [-0.2, -0.15) is 0 Å². The first-order chi connectivity index (χ1) is 7.35. The molecule has 1 unspecified atom stereocenters. The van der Waals surface area contributed by atoms with Gasteiger partial charge in [0.25, 0.3) is 0 Å². The zero-order valence-electron chi connectivity index (χ0n) is 9.69. The number of carbonyl (C=O) groups is 2. The summed E-state index contributed by atoms with van der Waals surface area (Å²) in [6.45, 7) is 8.60. The van der Waals surface area contributed by atoms with E-state index in [2.05, 4.69) is 11.9 Å². The van der Waals surface area contributed by atoms with Crippen LogP contribution in [0.1, 0.15) is 20.3 Å². The van der Waals surface area contributed by atoms with E-state index in [1.807, 2.05) is 18.7 Å². The van der Waals surface area contributed by atoms with Crippen LogP contribution >= 0.6 is 0 Å². The summed E-state index contributed by atoms with van der Waals surface area (Å²) < 4.78 is 0. The number of hydrogen-bond donors (Lipinski definition) is 2. The maximum atomic E-state index is 11.8. The van der Waals surface area contributed by atoms with Gasteiger partial charge in [-0.05, 0) is 13.8 Å². The molecule has 16 heavy (non-hydrogen) atoms. The summed E-state index contributed by atoms with van der Waals surface area (Å²) in [6.07, 6.45) is 1.51. The Morgan fingerprint density at radius 1 is 1.75 bits per heavy atom. The van der Waals surface area contributed by atoms with E-state index in [0.29, 0.717) is 13.1 Å². The van der Waals surface area contributed by atoms with Crippen LogP contribution in [0.25, 0.3) is 0 Å². The topological polar surface area (TPSA) is 69.6 Å². The van der Waals surface area contributed by atoms with Crippen molar-refractivity contribution in [2.24, 2.45) is 0 Å². The molecule has 0 aromatic carbocycles. The molecule has 0 radical (unpaired) electrons. The van der Waals surface area contributed by atoms with E-state index in [1.165, 1.54) is 0 Å². The summed E-state index contributed by atoms with van der Waals surface area (Å²) in [4.78, 5) is 24.3. The predicted molar refractivity (Wildman–Crippen MR) is 60.0 cm³/mol. The van der Waals surface area contributed by atoms with Crippen molar-refractivity contribution in [1.29, 1.82) is 0 Å². The molecule has 0 bridgehead atoms.